The van der Waals surface area contributed by atoms with Crippen LogP contribution in [0, 0.1) is 0 Å². The monoisotopic (exact) mass is 274 g/mol. The van der Waals surface area contributed by atoms with Gasteiger partial charge in [0.25, 0.3) is 0 Å². The van der Waals surface area contributed by atoms with Crippen LogP contribution in [0.3, 0.4) is 0 Å². The molecule has 7 nitrogen and oxygen atoms in total. The zero-order chi connectivity index (χ0) is 14.1. The fourth-order valence-electron chi connectivity index (χ4n) is 2.87. The highest BCUT2D eigenvalue weighted by molar-refractivity contribution is 5.67. The van der Waals surface area contributed by atoms with E-state index in [9.17, 15) is 0 Å². The normalized spacial score (nSPS) is 22.2. The third-order valence-corrected chi connectivity index (χ3v) is 3.76. The summed E-state index contributed by atoms with van der Waals surface area (Å²) in [5.41, 5.74) is 13.7. The summed E-state index contributed by atoms with van der Waals surface area (Å²) in [5, 5.41) is 12.0. The van der Waals surface area contributed by atoms with Gasteiger partial charge in [0.15, 0.2) is 5.82 Å². The van der Waals surface area contributed by atoms with Gasteiger partial charge in [0.2, 0.25) is 0 Å². The number of benzene rings is 1. The van der Waals surface area contributed by atoms with Crippen LogP contribution in [0.15, 0.2) is 18.2 Å². The first kappa shape index (κ1) is 12.9. The maximum atomic E-state index is 5.84. The van der Waals surface area contributed by atoms with Gasteiger partial charge in [-0.25, -0.2) is 4.68 Å². The van der Waals surface area contributed by atoms with Gasteiger partial charge in [-0.15, -0.1) is 5.10 Å². The Morgan fingerprint density at radius 2 is 1.95 bits per heavy atom. The van der Waals surface area contributed by atoms with E-state index < -0.39 is 0 Å². The van der Waals surface area contributed by atoms with Gasteiger partial charge in [0.05, 0.1) is 12.1 Å². The van der Waals surface area contributed by atoms with Crippen LogP contribution in [-0.2, 0) is 4.74 Å². The molecule has 2 atom stereocenters. The molecular weight excluding hydrogens is 256 g/mol. The molecule has 0 saturated heterocycles. The van der Waals surface area contributed by atoms with Crippen molar-refractivity contribution in [3.05, 3.63) is 18.2 Å². The summed E-state index contributed by atoms with van der Waals surface area (Å²) < 4.78 is 7.35. The number of nitrogens with zero attached hydrogens (tertiary/aromatic N) is 4. The van der Waals surface area contributed by atoms with Crippen molar-refractivity contribution in [2.45, 2.75) is 31.4 Å². The lowest BCUT2D eigenvalue weighted by Gasteiger charge is -2.19. The Morgan fingerprint density at radius 1 is 1.20 bits per heavy atom. The molecule has 0 aliphatic heterocycles. The Morgan fingerprint density at radius 3 is 2.65 bits per heavy atom. The molecule has 1 fully saturated rings. The van der Waals surface area contributed by atoms with Crippen LogP contribution in [0.5, 0.6) is 0 Å². The number of tetrazole rings is 1. The fourth-order valence-corrected chi connectivity index (χ4v) is 2.87. The third-order valence-electron chi connectivity index (χ3n) is 3.76. The number of methoxy groups -OCH3 is 1. The molecule has 0 radical (unpaired) electrons. The van der Waals surface area contributed by atoms with Gasteiger partial charge in [-0.05, 0) is 47.9 Å². The average Bonchev–Trinajstić information content (AvgIpc) is 3.05. The van der Waals surface area contributed by atoms with E-state index in [0.717, 1.165) is 24.8 Å². The maximum absolute atomic E-state index is 5.84. The van der Waals surface area contributed by atoms with Gasteiger partial charge in [-0.1, -0.05) is 0 Å². The van der Waals surface area contributed by atoms with Crippen LogP contribution < -0.4 is 11.5 Å². The van der Waals surface area contributed by atoms with Gasteiger partial charge in [-0.3, -0.25) is 0 Å². The molecule has 20 heavy (non-hydrogen) atoms. The minimum atomic E-state index is 0.149. The Labute approximate surface area is 116 Å². The van der Waals surface area contributed by atoms with E-state index in [1.807, 2.05) is 16.8 Å². The molecule has 4 N–H and O–H groups in total. The number of ether oxygens (including phenoxy) is 1. The van der Waals surface area contributed by atoms with Gasteiger partial charge < -0.3 is 16.2 Å². The van der Waals surface area contributed by atoms with E-state index in [-0.39, 0.29) is 12.1 Å². The Bertz CT molecular complexity index is 590. The lowest BCUT2D eigenvalue weighted by atomic mass is 10.1. The largest absolute Gasteiger partial charge is 0.399 e. The minimum Gasteiger partial charge on any atom is -0.399 e. The van der Waals surface area contributed by atoms with Crippen LogP contribution in [-0.4, -0.2) is 33.4 Å². The van der Waals surface area contributed by atoms with Crippen molar-refractivity contribution >= 4 is 11.4 Å². The first-order valence-corrected chi connectivity index (χ1v) is 6.66. The maximum Gasteiger partial charge on any atom is 0.182 e. The average molecular weight is 274 g/mol. The topological polar surface area (TPSA) is 105 Å². The molecule has 2 unspecified atom stereocenters. The summed E-state index contributed by atoms with van der Waals surface area (Å²) in [4.78, 5) is 0. The summed E-state index contributed by atoms with van der Waals surface area (Å²) in [6, 6.07) is 5.53. The Hall–Kier alpha value is -2.15. The number of nitrogen functional groups attached to an aromatic ring is 2. The molecular formula is C13H18N6O. The number of hydrogen-bond acceptors (Lipinski definition) is 6. The first-order valence-electron chi connectivity index (χ1n) is 6.66. The lowest BCUT2D eigenvalue weighted by Crippen LogP contribution is -2.22. The highest BCUT2D eigenvalue weighted by Gasteiger charge is 2.31. The summed E-state index contributed by atoms with van der Waals surface area (Å²) in [7, 11) is 1.73. The molecule has 1 saturated carbocycles. The number of hydrogen-bond donors (Lipinski definition) is 2. The zero-order valence-corrected chi connectivity index (χ0v) is 11.4. The first-order chi connectivity index (χ1) is 9.69. The molecule has 1 aliphatic carbocycles. The van der Waals surface area contributed by atoms with Gasteiger partial charge in [0, 0.05) is 24.0 Å². The van der Waals surface area contributed by atoms with Crippen molar-refractivity contribution in [2.24, 2.45) is 0 Å². The molecule has 7 heteroatoms. The number of nitrogens with two attached hydrogens (primary N) is 2. The third kappa shape index (κ3) is 2.20. The van der Waals surface area contributed by atoms with Crippen LogP contribution in [0.25, 0.3) is 11.4 Å². The van der Waals surface area contributed by atoms with Gasteiger partial charge in [-0.2, -0.15) is 0 Å². The van der Waals surface area contributed by atoms with E-state index in [1.54, 1.807) is 13.2 Å². The molecule has 106 valence electrons. The van der Waals surface area contributed by atoms with Crippen molar-refractivity contribution in [1.29, 1.82) is 0 Å². The molecule has 3 rings (SSSR count). The highest BCUT2D eigenvalue weighted by Crippen LogP contribution is 2.34. The second kappa shape index (κ2) is 5.09. The van der Waals surface area contributed by atoms with E-state index in [1.165, 1.54) is 0 Å². The van der Waals surface area contributed by atoms with Gasteiger partial charge in [0.1, 0.15) is 0 Å². The van der Waals surface area contributed by atoms with Crippen LogP contribution in [0.2, 0.25) is 0 Å². The summed E-state index contributed by atoms with van der Waals surface area (Å²) in [5.74, 6) is 0.679. The van der Waals surface area contributed by atoms with Crippen molar-refractivity contribution in [3.8, 4) is 11.4 Å². The van der Waals surface area contributed by atoms with Crippen molar-refractivity contribution < 1.29 is 4.74 Å². The molecule has 1 aromatic carbocycles. The van der Waals surface area contributed by atoms with E-state index >= 15 is 0 Å². The zero-order valence-electron chi connectivity index (χ0n) is 11.4. The van der Waals surface area contributed by atoms with Crippen molar-refractivity contribution in [3.63, 3.8) is 0 Å². The SMILES string of the molecule is COC1CCCC1n1nnnc1-c1cc(N)cc(N)c1. The van der Waals surface area contributed by atoms with Crippen molar-refractivity contribution in [2.75, 3.05) is 18.6 Å². The summed E-state index contributed by atoms with van der Waals surface area (Å²) in [6.07, 6.45) is 3.30. The quantitative estimate of drug-likeness (QED) is 0.816. The number of aromatic nitrogens is 4. The number of rotatable bonds is 3. The summed E-state index contributed by atoms with van der Waals surface area (Å²) in [6.45, 7) is 0. The van der Waals surface area contributed by atoms with E-state index in [2.05, 4.69) is 15.5 Å². The molecule has 1 aliphatic rings. The van der Waals surface area contributed by atoms with Gasteiger partial charge >= 0.3 is 0 Å². The molecule has 1 aromatic heterocycles. The molecule has 0 bridgehead atoms. The Balaban J connectivity index is 2.01. The highest BCUT2D eigenvalue weighted by atomic mass is 16.5. The predicted octanol–water partition coefficient (Wildman–Crippen LogP) is 1.24. The van der Waals surface area contributed by atoms with Crippen LogP contribution in [0.1, 0.15) is 25.3 Å². The smallest absolute Gasteiger partial charge is 0.182 e. The van der Waals surface area contributed by atoms with E-state index in [4.69, 9.17) is 16.2 Å². The Kier molecular flexibility index (Phi) is 3.27. The molecule has 0 spiro atoms. The molecule has 0 amide bonds. The fraction of sp³-hybridized carbons (Fsp3) is 0.462. The van der Waals surface area contributed by atoms with E-state index in [0.29, 0.717) is 17.2 Å². The second-order valence-electron chi connectivity index (χ2n) is 5.11. The molecule has 2 aromatic rings. The standard InChI is InChI=1S/C13H18N6O/c1-20-12-4-2-3-11(12)19-13(16-17-18-19)8-5-9(14)7-10(15)6-8/h5-7,11-12H,2-4,14-15H2,1H3. The second-order valence-corrected chi connectivity index (χ2v) is 5.11. The summed E-state index contributed by atoms with van der Waals surface area (Å²) >= 11 is 0. The molecule has 1 heterocycles. The lowest BCUT2D eigenvalue weighted by molar-refractivity contribution is 0.0708. The minimum absolute atomic E-state index is 0.149. The predicted molar refractivity (Wildman–Crippen MR) is 75.8 cm³/mol. The van der Waals surface area contributed by atoms with Crippen LogP contribution >= 0.6 is 0 Å². The number of anilines is 2. The van der Waals surface area contributed by atoms with Crippen molar-refractivity contribution in [1.82, 2.24) is 20.2 Å². The van der Waals surface area contributed by atoms with Crippen LogP contribution in [0.4, 0.5) is 11.4 Å².